The van der Waals surface area contributed by atoms with Crippen molar-refractivity contribution in [3.63, 3.8) is 0 Å². The summed E-state index contributed by atoms with van der Waals surface area (Å²) in [6.07, 6.45) is 0. The fourth-order valence-electron chi connectivity index (χ4n) is 2.36. The molecule has 1 amide bonds. The highest BCUT2D eigenvalue weighted by Gasteiger charge is 2.20. The van der Waals surface area contributed by atoms with E-state index in [2.05, 4.69) is 5.32 Å². The van der Waals surface area contributed by atoms with E-state index in [1.807, 2.05) is 12.1 Å². The SMILES string of the molecule is O=C(Nc1ccccc1)c1c(Cl)ccc(OCc2cccc(Cl)c2)c1F. The summed E-state index contributed by atoms with van der Waals surface area (Å²) in [6.45, 7) is 0.110. The number of hydrogen-bond acceptors (Lipinski definition) is 2. The van der Waals surface area contributed by atoms with Crippen molar-refractivity contribution in [2.45, 2.75) is 6.61 Å². The first-order valence-electron chi connectivity index (χ1n) is 7.76. The molecule has 0 aliphatic heterocycles. The quantitative estimate of drug-likeness (QED) is 0.584. The maximum absolute atomic E-state index is 14.8. The van der Waals surface area contributed by atoms with Crippen LogP contribution in [0.1, 0.15) is 15.9 Å². The molecule has 3 nitrogen and oxygen atoms in total. The summed E-state index contributed by atoms with van der Waals surface area (Å²) >= 11 is 11.9. The molecule has 0 spiro atoms. The van der Waals surface area contributed by atoms with Crippen molar-refractivity contribution >= 4 is 34.8 Å². The Balaban J connectivity index is 1.80. The van der Waals surface area contributed by atoms with Crippen LogP contribution in [0.5, 0.6) is 5.75 Å². The minimum atomic E-state index is -0.812. The molecule has 0 aromatic heterocycles. The number of benzene rings is 3. The van der Waals surface area contributed by atoms with Crippen LogP contribution in [0.2, 0.25) is 10.0 Å². The van der Waals surface area contributed by atoms with Gasteiger partial charge in [-0.25, -0.2) is 4.39 Å². The second kappa shape index (κ2) is 8.21. The van der Waals surface area contributed by atoms with Crippen LogP contribution in [0.25, 0.3) is 0 Å². The van der Waals surface area contributed by atoms with Gasteiger partial charge in [0.1, 0.15) is 6.61 Å². The Hall–Kier alpha value is -2.56. The van der Waals surface area contributed by atoms with Crippen molar-refractivity contribution in [2.75, 3.05) is 5.32 Å². The van der Waals surface area contributed by atoms with Crippen LogP contribution in [0, 0.1) is 5.82 Å². The highest BCUT2D eigenvalue weighted by molar-refractivity contribution is 6.34. The number of carbonyl (C=O) groups is 1. The fourth-order valence-corrected chi connectivity index (χ4v) is 2.80. The first-order valence-corrected chi connectivity index (χ1v) is 8.52. The summed E-state index contributed by atoms with van der Waals surface area (Å²) < 4.78 is 20.3. The molecular formula is C20H14Cl2FNO2. The molecule has 0 unspecified atom stereocenters. The molecule has 132 valence electrons. The number of para-hydroxylation sites is 1. The lowest BCUT2D eigenvalue weighted by Gasteiger charge is -2.12. The molecule has 1 N–H and O–H groups in total. The topological polar surface area (TPSA) is 38.3 Å². The van der Waals surface area contributed by atoms with E-state index in [0.29, 0.717) is 10.7 Å². The van der Waals surface area contributed by atoms with Gasteiger partial charge in [0.15, 0.2) is 11.6 Å². The molecule has 0 radical (unpaired) electrons. The van der Waals surface area contributed by atoms with Gasteiger partial charge in [0.2, 0.25) is 0 Å². The van der Waals surface area contributed by atoms with Gasteiger partial charge in [-0.2, -0.15) is 0 Å². The molecule has 3 rings (SSSR count). The van der Waals surface area contributed by atoms with Crippen LogP contribution in [0.3, 0.4) is 0 Å². The second-order valence-electron chi connectivity index (χ2n) is 5.47. The first kappa shape index (κ1) is 18.2. The largest absolute Gasteiger partial charge is 0.486 e. The predicted molar refractivity (Wildman–Crippen MR) is 102 cm³/mol. The lowest BCUT2D eigenvalue weighted by atomic mass is 10.1. The van der Waals surface area contributed by atoms with E-state index < -0.39 is 11.7 Å². The fraction of sp³-hybridized carbons (Fsp3) is 0.0500. The Bertz CT molecular complexity index is 932. The number of halogens is 3. The van der Waals surface area contributed by atoms with E-state index in [0.717, 1.165) is 5.56 Å². The van der Waals surface area contributed by atoms with Crippen LogP contribution in [-0.2, 0) is 6.61 Å². The zero-order valence-electron chi connectivity index (χ0n) is 13.5. The Kier molecular flexibility index (Phi) is 5.76. The van der Waals surface area contributed by atoms with Crippen LogP contribution in [0.4, 0.5) is 10.1 Å². The van der Waals surface area contributed by atoms with Gasteiger partial charge < -0.3 is 10.1 Å². The zero-order valence-corrected chi connectivity index (χ0v) is 15.0. The monoisotopic (exact) mass is 389 g/mol. The van der Waals surface area contributed by atoms with Gasteiger partial charge in [-0.15, -0.1) is 0 Å². The molecule has 0 bridgehead atoms. The van der Waals surface area contributed by atoms with Gasteiger partial charge in [0.05, 0.1) is 10.6 Å². The summed E-state index contributed by atoms with van der Waals surface area (Å²) in [5.74, 6) is -1.52. The number of hydrogen-bond donors (Lipinski definition) is 1. The molecule has 3 aromatic carbocycles. The van der Waals surface area contributed by atoms with Gasteiger partial charge in [-0.1, -0.05) is 53.5 Å². The summed E-state index contributed by atoms with van der Waals surface area (Å²) in [4.78, 5) is 12.4. The van der Waals surface area contributed by atoms with Crippen LogP contribution in [-0.4, -0.2) is 5.91 Å². The van der Waals surface area contributed by atoms with Gasteiger partial charge in [0, 0.05) is 10.7 Å². The molecule has 0 aliphatic carbocycles. The number of ether oxygens (including phenoxy) is 1. The molecule has 0 saturated heterocycles. The molecule has 0 atom stereocenters. The summed E-state index contributed by atoms with van der Waals surface area (Å²) in [6, 6.07) is 18.6. The van der Waals surface area contributed by atoms with Crippen molar-refractivity contribution in [1.29, 1.82) is 0 Å². The van der Waals surface area contributed by atoms with Gasteiger partial charge in [0.25, 0.3) is 5.91 Å². The number of carbonyl (C=O) groups excluding carboxylic acids is 1. The Labute approximate surface area is 160 Å². The minimum absolute atomic E-state index is 0.00559. The summed E-state index contributed by atoms with van der Waals surface area (Å²) in [7, 11) is 0. The van der Waals surface area contributed by atoms with E-state index in [9.17, 15) is 9.18 Å². The maximum Gasteiger partial charge on any atom is 0.260 e. The molecular weight excluding hydrogens is 376 g/mol. The third-order valence-electron chi connectivity index (χ3n) is 3.60. The lowest BCUT2D eigenvalue weighted by molar-refractivity contribution is 0.102. The average molecular weight is 390 g/mol. The van der Waals surface area contributed by atoms with E-state index >= 15 is 0 Å². The number of rotatable bonds is 5. The average Bonchev–Trinajstić information content (AvgIpc) is 2.62. The van der Waals surface area contributed by atoms with E-state index in [4.69, 9.17) is 27.9 Å². The van der Waals surface area contributed by atoms with Gasteiger partial charge in [-0.3, -0.25) is 4.79 Å². The van der Waals surface area contributed by atoms with Crippen LogP contribution >= 0.6 is 23.2 Å². The van der Waals surface area contributed by atoms with E-state index in [1.165, 1.54) is 12.1 Å². The predicted octanol–water partition coefficient (Wildman–Crippen LogP) is 5.96. The van der Waals surface area contributed by atoms with Crippen LogP contribution in [0.15, 0.2) is 66.7 Å². The molecule has 0 heterocycles. The van der Waals surface area contributed by atoms with E-state index in [1.54, 1.807) is 42.5 Å². The van der Waals surface area contributed by atoms with Crippen molar-refractivity contribution in [2.24, 2.45) is 0 Å². The highest BCUT2D eigenvalue weighted by Crippen LogP contribution is 2.29. The normalized spacial score (nSPS) is 10.4. The highest BCUT2D eigenvalue weighted by atomic mass is 35.5. The summed E-state index contributed by atoms with van der Waals surface area (Å²) in [5.41, 5.74) is 1.06. The standard InChI is InChI=1S/C20H14Cl2FNO2/c21-14-6-4-5-13(11-14)12-26-17-10-9-16(22)18(19(17)23)20(25)24-15-7-2-1-3-8-15/h1-11H,12H2,(H,24,25). The maximum atomic E-state index is 14.8. The molecule has 0 fully saturated rings. The van der Waals surface area contributed by atoms with E-state index in [-0.39, 0.29) is 22.9 Å². The third kappa shape index (κ3) is 4.34. The van der Waals surface area contributed by atoms with Gasteiger partial charge >= 0.3 is 0 Å². The number of anilines is 1. The Morgan fingerprint density at radius 3 is 2.50 bits per heavy atom. The molecule has 0 saturated carbocycles. The van der Waals surface area contributed by atoms with Crippen molar-refractivity contribution in [1.82, 2.24) is 0 Å². The Morgan fingerprint density at radius 2 is 1.77 bits per heavy atom. The van der Waals surface area contributed by atoms with Crippen LogP contribution < -0.4 is 10.1 Å². The molecule has 6 heteroatoms. The first-order chi connectivity index (χ1) is 12.5. The lowest BCUT2D eigenvalue weighted by Crippen LogP contribution is -2.15. The van der Waals surface area contributed by atoms with Crippen molar-refractivity contribution < 1.29 is 13.9 Å². The third-order valence-corrected chi connectivity index (χ3v) is 4.15. The van der Waals surface area contributed by atoms with Crippen molar-refractivity contribution in [3.05, 3.63) is 93.7 Å². The Morgan fingerprint density at radius 1 is 1.00 bits per heavy atom. The molecule has 3 aromatic rings. The minimum Gasteiger partial charge on any atom is -0.486 e. The second-order valence-corrected chi connectivity index (χ2v) is 6.32. The smallest absolute Gasteiger partial charge is 0.260 e. The van der Waals surface area contributed by atoms with Crippen molar-refractivity contribution in [3.8, 4) is 5.75 Å². The molecule has 0 aliphatic rings. The zero-order chi connectivity index (χ0) is 18.5. The number of amides is 1. The van der Waals surface area contributed by atoms with Gasteiger partial charge in [-0.05, 0) is 42.0 Å². The number of nitrogens with one attached hydrogen (secondary N) is 1. The summed E-state index contributed by atoms with van der Waals surface area (Å²) in [5, 5.41) is 3.18. The molecule has 26 heavy (non-hydrogen) atoms.